The molecule has 5 nitrogen and oxygen atoms in total. The van der Waals surface area contributed by atoms with Crippen molar-refractivity contribution >= 4 is 34.9 Å². The number of ketones is 1. The predicted octanol–water partition coefficient (Wildman–Crippen LogP) is 1.44. The average molecular weight is 282 g/mol. The molecular weight excluding hydrogens is 270 g/mol. The van der Waals surface area contributed by atoms with E-state index in [1.807, 2.05) is 0 Å². The van der Waals surface area contributed by atoms with Gasteiger partial charge in [-0.3, -0.25) is 14.4 Å². The number of esters is 1. The molecule has 100 valence electrons. The summed E-state index contributed by atoms with van der Waals surface area (Å²) in [6.45, 7) is 1.82. The van der Waals surface area contributed by atoms with Crippen LogP contribution in [0.25, 0.3) is 0 Å². The third-order valence-electron chi connectivity index (χ3n) is 2.83. The summed E-state index contributed by atoms with van der Waals surface area (Å²) in [7, 11) is 0. The summed E-state index contributed by atoms with van der Waals surface area (Å²) in [6.07, 6.45) is 0. The van der Waals surface area contributed by atoms with Gasteiger partial charge in [0.05, 0.1) is 6.61 Å². The Balaban J connectivity index is 2.23. The standard InChI is InChI=1S/C13H12ClNO4/c1-2-19-13(18)10-7-15(12(17)11(10)16)9-5-3-4-8(14)6-9/h3-6,10H,2,7H2,1H3. The minimum atomic E-state index is -1.05. The van der Waals surface area contributed by atoms with Gasteiger partial charge in [0, 0.05) is 17.3 Å². The molecule has 0 saturated carbocycles. The smallest absolute Gasteiger partial charge is 0.318 e. The van der Waals surface area contributed by atoms with Gasteiger partial charge < -0.3 is 9.64 Å². The number of amides is 1. The number of carbonyl (C=O) groups excluding carboxylic acids is 3. The minimum Gasteiger partial charge on any atom is -0.465 e. The first kappa shape index (κ1) is 13.5. The Morgan fingerprint density at radius 2 is 2.21 bits per heavy atom. The first-order valence-corrected chi connectivity index (χ1v) is 6.20. The number of rotatable bonds is 3. The summed E-state index contributed by atoms with van der Waals surface area (Å²) >= 11 is 5.84. The predicted molar refractivity (Wildman–Crippen MR) is 68.9 cm³/mol. The summed E-state index contributed by atoms with van der Waals surface area (Å²) < 4.78 is 4.79. The van der Waals surface area contributed by atoms with Crippen molar-refractivity contribution in [1.82, 2.24) is 0 Å². The van der Waals surface area contributed by atoms with Gasteiger partial charge in [0.15, 0.2) is 0 Å². The Hall–Kier alpha value is -1.88. The quantitative estimate of drug-likeness (QED) is 0.478. The molecule has 1 aromatic rings. The van der Waals surface area contributed by atoms with Gasteiger partial charge in [-0.25, -0.2) is 0 Å². The van der Waals surface area contributed by atoms with Crippen LogP contribution < -0.4 is 4.90 Å². The molecule has 0 radical (unpaired) electrons. The number of nitrogens with zero attached hydrogens (tertiary/aromatic N) is 1. The highest BCUT2D eigenvalue weighted by molar-refractivity contribution is 6.47. The molecule has 1 unspecified atom stereocenters. The van der Waals surface area contributed by atoms with E-state index in [1.54, 1.807) is 31.2 Å². The maximum Gasteiger partial charge on any atom is 0.318 e. The second-order valence-corrected chi connectivity index (χ2v) is 4.50. The van der Waals surface area contributed by atoms with Crippen molar-refractivity contribution in [2.24, 2.45) is 5.92 Å². The van der Waals surface area contributed by atoms with Gasteiger partial charge in [-0.1, -0.05) is 17.7 Å². The average Bonchev–Trinajstić information content (AvgIpc) is 2.67. The summed E-state index contributed by atoms with van der Waals surface area (Å²) in [6, 6.07) is 6.56. The number of anilines is 1. The van der Waals surface area contributed by atoms with Gasteiger partial charge in [-0.15, -0.1) is 0 Å². The lowest BCUT2D eigenvalue weighted by Crippen LogP contribution is -2.26. The van der Waals surface area contributed by atoms with E-state index in [0.29, 0.717) is 10.7 Å². The molecule has 6 heteroatoms. The lowest BCUT2D eigenvalue weighted by atomic mass is 10.1. The zero-order valence-electron chi connectivity index (χ0n) is 10.3. The van der Waals surface area contributed by atoms with E-state index in [1.165, 1.54) is 4.90 Å². The molecule has 1 fully saturated rings. The fourth-order valence-corrected chi connectivity index (χ4v) is 2.11. The van der Waals surface area contributed by atoms with E-state index in [4.69, 9.17) is 16.3 Å². The van der Waals surface area contributed by atoms with E-state index in [2.05, 4.69) is 0 Å². The largest absolute Gasteiger partial charge is 0.465 e. The Labute approximate surface area is 115 Å². The van der Waals surface area contributed by atoms with Crippen LogP contribution in [-0.4, -0.2) is 30.8 Å². The van der Waals surface area contributed by atoms with Crippen LogP contribution in [0.15, 0.2) is 24.3 Å². The third kappa shape index (κ3) is 2.61. The molecule has 1 aromatic carbocycles. The van der Waals surface area contributed by atoms with E-state index >= 15 is 0 Å². The molecule has 19 heavy (non-hydrogen) atoms. The van der Waals surface area contributed by atoms with Crippen molar-refractivity contribution < 1.29 is 19.1 Å². The van der Waals surface area contributed by atoms with Gasteiger partial charge in [-0.2, -0.15) is 0 Å². The fraction of sp³-hybridized carbons (Fsp3) is 0.308. The van der Waals surface area contributed by atoms with Crippen molar-refractivity contribution in [3.63, 3.8) is 0 Å². The van der Waals surface area contributed by atoms with E-state index in [0.717, 1.165) is 0 Å². The summed E-state index contributed by atoms with van der Waals surface area (Å²) in [5.41, 5.74) is 0.498. The summed E-state index contributed by atoms with van der Waals surface area (Å²) in [4.78, 5) is 36.5. The number of hydrogen-bond acceptors (Lipinski definition) is 4. The van der Waals surface area contributed by atoms with Crippen molar-refractivity contribution in [3.05, 3.63) is 29.3 Å². The number of Topliss-reactive ketones (excluding diaryl/α,β-unsaturated/α-hetero) is 1. The molecule has 1 aliphatic rings. The molecule has 0 spiro atoms. The number of carbonyl (C=O) groups is 3. The molecule has 0 N–H and O–H groups in total. The molecule has 1 saturated heterocycles. The van der Waals surface area contributed by atoms with Crippen LogP contribution in [-0.2, 0) is 19.1 Å². The molecule has 1 heterocycles. The number of halogens is 1. The van der Waals surface area contributed by atoms with Crippen LogP contribution in [0.3, 0.4) is 0 Å². The second-order valence-electron chi connectivity index (χ2n) is 4.06. The van der Waals surface area contributed by atoms with Crippen molar-refractivity contribution in [2.45, 2.75) is 6.92 Å². The van der Waals surface area contributed by atoms with Gasteiger partial charge in [-0.05, 0) is 25.1 Å². The molecular formula is C13H12ClNO4. The van der Waals surface area contributed by atoms with Crippen LogP contribution in [0.5, 0.6) is 0 Å². The zero-order chi connectivity index (χ0) is 14.0. The third-order valence-corrected chi connectivity index (χ3v) is 3.06. The molecule has 1 amide bonds. The number of hydrogen-bond donors (Lipinski definition) is 0. The van der Waals surface area contributed by atoms with Crippen LogP contribution in [0, 0.1) is 5.92 Å². The van der Waals surface area contributed by atoms with Gasteiger partial charge in [0.1, 0.15) is 5.92 Å². The Morgan fingerprint density at radius 3 is 2.84 bits per heavy atom. The molecule has 0 aromatic heterocycles. The highest BCUT2D eigenvalue weighted by atomic mass is 35.5. The molecule has 1 atom stereocenters. The molecule has 1 aliphatic heterocycles. The van der Waals surface area contributed by atoms with Crippen molar-refractivity contribution in [3.8, 4) is 0 Å². The summed E-state index contributed by atoms with van der Waals surface area (Å²) in [5, 5.41) is 0.456. The van der Waals surface area contributed by atoms with Crippen LogP contribution in [0.4, 0.5) is 5.69 Å². The summed E-state index contributed by atoms with van der Waals surface area (Å²) in [5.74, 6) is -3.16. The topological polar surface area (TPSA) is 63.7 Å². The van der Waals surface area contributed by atoms with Gasteiger partial charge >= 0.3 is 5.97 Å². The zero-order valence-corrected chi connectivity index (χ0v) is 11.0. The van der Waals surface area contributed by atoms with E-state index < -0.39 is 23.6 Å². The lowest BCUT2D eigenvalue weighted by molar-refractivity contribution is -0.151. The maximum atomic E-state index is 11.9. The minimum absolute atomic E-state index is 0.00313. The monoisotopic (exact) mass is 281 g/mol. The highest BCUT2D eigenvalue weighted by Gasteiger charge is 2.44. The Kier molecular flexibility index (Phi) is 3.85. The Bertz CT molecular complexity index is 543. The van der Waals surface area contributed by atoms with Gasteiger partial charge in [0.25, 0.3) is 5.91 Å². The first-order chi connectivity index (χ1) is 9.04. The van der Waals surface area contributed by atoms with Crippen molar-refractivity contribution in [1.29, 1.82) is 0 Å². The van der Waals surface area contributed by atoms with Gasteiger partial charge in [0.2, 0.25) is 5.78 Å². The normalized spacial score (nSPS) is 18.8. The SMILES string of the molecule is CCOC(=O)C1CN(c2cccc(Cl)c2)C(=O)C1=O. The molecule has 0 bridgehead atoms. The highest BCUT2D eigenvalue weighted by Crippen LogP contribution is 2.25. The number of ether oxygens (including phenoxy) is 1. The lowest BCUT2D eigenvalue weighted by Gasteiger charge is -2.15. The van der Waals surface area contributed by atoms with Crippen LogP contribution in [0.2, 0.25) is 5.02 Å². The van der Waals surface area contributed by atoms with E-state index in [-0.39, 0.29) is 13.2 Å². The fourth-order valence-electron chi connectivity index (χ4n) is 1.92. The van der Waals surface area contributed by atoms with Crippen LogP contribution >= 0.6 is 11.6 Å². The van der Waals surface area contributed by atoms with Crippen LogP contribution in [0.1, 0.15) is 6.92 Å². The maximum absolute atomic E-state index is 11.9. The number of benzene rings is 1. The molecule has 2 rings (SSSR count). The second kappa shape index (κ2) is 5.40. The molecule has 0 aliphatic carbocycles. The van der Waals surface area contributed by atoms with Crippen molar-refractivity contribution in [2.75, 3.05) is 18.1 Å². The Morgan fingerprint density at radius 1 is 1.47 bits per heavy atom. The van der Waals surface area contributed by atoms with E-state index in [9.17, 15) is 14.4 Å². The first-order valence-electron chi connectivity index (χ1n) is 5.82.